The Morgan fingerprint density at radius 2 is 2.12 bits per heavy atom. The van der Waals surface area contributed by atoms with Crippen LogP contribution >= 0.6 is 11.3 Å². The van der Waals surface area contributed by atoms with Crippen LogP contribution in [0.15, 0.2) is 11.1 Å². The Hall–Kier alpha value is -2.13. The highest BCUT2D eigenvalue weighted by molar-refractivity contribution is 7.15. The normalized spacial score (nSPS) is 20.7. The largest absolute Gasteiger partial charge is 0.465 e. The van der Waals surface area contributed by atoms with Crippen LogP contribution in [0.1, 0.15) is 55.1 Å². The Morgan fingerprint density at radius 3 is 2.68 bits per heavy atom. The average Bonchev–Trinajstić information content (AvgIpc) is 2.96. The second-order valence-electron chi connectivity index (χ2n) is 7.15. The number of esters is 1. The van der Waals surface area contributed by atoms with Crippen LogP contribution in [0, 0.1) is 17.3 Å². The number of thiophene rings is 1. The van der Waals surface area contributed by atoms with E-state index in [9.17, 15) is 9.59 Å². The highest BCUT2D eigenvalue weighted by atomic mass is 32.1. The lowest BCUT2D eigenvalue weighted by molar-refractivity contribution is -0.121. The fourth-order valence-electron chi connectivity index (χ4n) is 2.66. The molecule has 2 atom stereocenters. The Labute approximate surface area is 153 Å². The fourth-order valence-corrected chi connectivity index (χ4v) is 3.59. The number of carbonyl (C=O) groups excluding carboxylic acids is 2. The molecular weight excluding hydrogens is 336 g/mol. The van der Waals surface area contributed by atoms with Gasteiger partial charge in [0.1, 0.15) is 10.9 Å². The standard InChI is InChI=1S/C19H24N2O3S/c1-12-7-8-14(20-5)17(22)21(12)15-11-13(9-10-19(2,3)4)25-16(15)18(23)24-6/h11-12,14H,5,7-8H2,1-4,6H3/t12-,14?/m1/s1. The molecule has 0 N–H and O–H groups in total. The number of hydrogen-bond donors (Lipinski definition) is 0. The number of ether oxygens (including phenoxy) is 1. The lowest BCUT2D eigenvalue weighted by Gasteiger charge is -2.36. The van der Waals surface area contributed by atoms with E-state index in [4.69, 9.17) is 4.74 Å². The Kier molecular flexibility index (Phi) is 5.69. The van der Waals surface area contributed by atoms with Gasteiger partial charge in [-0.1, -0.05) is 11.8 Å². The van der Waals surface area contributed by atoms with Crippen molar-refractivity contribution in [2.45, 2.75) is 52.6 Å². The number of rotatable bonds is 3. The average molecular weight is 360 g/mol. The van der Waals surface area contributed by atoms with Gasteiger partial charge in [0.05, 0.1) is 17.7 Å². The van der Waals surface area contributed by atoms with E-state index in [0.717, 1.165) is 11.3 Å². The van der Waals surface area contributed by atoms with E-state index in [0.29, 0.717) is 17.0 Å². The molecule has 1 aliphatic rings. The van der Waals surface area contributed by atoms with Gasteiger partial charge in [-0.25, -0.2) is 4.79 Å². The van der Waals surface area contributed by atoms with Gasteiger partial charge in [-0.3, -0.25) is 9.79 Å². The second-order valence-corrected chi connectivity index (χ2v) is 8.20. The van der Waals surface area contributed by atoms with Crippen LogP contribution in [0.2, 0.25) is 0 Å². The quantitative estimate of drug-likeness (QED) is 0.471. The van der Waals surface area contributed by atoms with Gasteiger partial charge in [-0.05, 0) is 53.3 Å². The number of hydrogen-bond acceptors (Lipinski definition) is 5. The van der Waals surface area contributed by atoms with E-state index < -0.39 is 12.0 Å². The minimum atomic E-state index is -0.467. The van der Waals surface area contributed by atoms with Crippen molar-refractivity contribution in [1.29, 1.82) is 0 Å². The molecule has 0 radical (unpaired) electrons. The van der Waals surface area contributed by atoms with Crippen LogP contribution in [0.4, 0.5) is 5.69 Å². The monoisotopic (exact) mass is 360 g/mol. The first-order valence-corrected chi connectivity index (χ1v) is 9.04. The number of nitrogens with zero attached hydrogens (tertiary/aromatic N) is 2. The van der Waals surface area contributed by atoms with E-state index in [2.05, 4.69) is 23.6 Å². The van der Waals surface area contributed by atoms with Crippen molar-refractivity contribution in [2.24, 2.45) is 10.4 Å². The number of anilines is 1. The van der Waals surface area contributed by atoms with E-state index in [1.807, 2.05) is 27.7 Å². The molecule has 0 spiro atoms. The molecule has 1 aromatic rings. The van der Waals surface area contributed by atoms with Crippen molar-refractivity contribution in [3.05, 3.63) is 15.8 Å². The maximum atomic E-state index is 12.8. The zero-order valence-electron chi connectivity index (χ0n) is 15.4. The molecule has 25 heavy (non-hydrogen) atoms. The minimum absolute atomic E-state index is 0.0214. The summed E-state index contributed by atoms with van der Waals surface area (Å²) in [4.78, 5) is 31.7. The van der Waals surface area contributed by atoms with Crippen LogP contribution in [0.25, 0.3) is 0 Å². The summed E-state index contributed by atoms with van der Waals surface area (Å²) in [5.41, 5.74) is 0.405. The zero-order valence-corrected chi connectivity index (χ0v) is 16.2. The van der Waals surface area contributed by atoms with Gasteiger partial charge in [0.15, 0.2) is 0 Å². The molecule has 1 fully saturated rings. The smallest absolute Gasteiger partial charge is 0.350 e. The Bertz CT molecular complexity index is 749. The molecule has 0 bridgehead atoms. The highest BCUT2D eigenvalue weighted by Gasteiger charge is 2.36. The number of aliphatic imine (C=N–C) groups is 1. The number of amides is 1. The first-order valence-electron chi connectivity index (χ1n) is 8.22. The van der Waals surface area contributed by atoms with Crippen LogP contribution in [-0.4, -0.2) is 37.8 Å². The molecule has 1 saturated heterocycles. The van der Waals surface area contributed by atoms with Gasteiger partial charge in [-0.2, -0.15) is 0 Å². The molecule has 134 valence electrons. The van der Waals surface area contributed by atoms with Crippen molar-refractivity contribution in [3.63, 3.8) is 0 Å². The minimum Gasteiger partial charge on any atom is -0.465 e. The van der Waals surface area contributed by atoms with Gasteiger partial charge in [0.25, 0.3) is 5.91 Å². The third-order valence-corrected chi connectivity index (χ3v) is 4.96. The third kappa shape index (κ3) is 4.29. The Morgan fingerprint density at radius 1 is 1.44 bits per heavy atom. The molecule has 1 unspecified atom stereocenters. The number of piperidine rings is 1. The predicted octanol–water partition coefficient (Wildman–Crippen LogP) is 3.52. The van der Waals surface area contributed by atoms with E-state index in [1.165, 1.54) is 18.4 Å². The van der Waals surface area contributed by atoms with E-state index >= 15 is 0 Å². The lowest BCUT2D eigenvalue weighted by Crippen LogP contribution is -2.49. The van der Waals surface area contributed by atoms with Crippen LogP contribution < -0.4 is 4.90 Å². The molecule has 0 aliphatic carbocycles. The molecule has 1 aliphatic heterocycles. The van der Waals surface area contributed by atoms with Crippen molar-refractivity contribution < 1.29 is 14.3 Å². The van der Waals surface area contributed by atoms with E-state index in [-0.39, 0.29) is 17.4 Å². The predicted molar refractivity (Wildman–Crippen MR) is 102 cm³/mol. The van der Waals surface area contributed by atoms with Crippen LogP contribution in [-0.2, 0) is 9.53 Å². The summed E-state index contributed by atoms with van der Waals surface area (Å²) in [5, 5.41) is 0. The summed E-state index contributed by atoms with van der Waals surface area (Å²) < 4.78 is 4.90. The molecular formula is C19H24N2O3S. The number of methoxy groups -OCH3 is 1. The Balaban J connectivity index is 2.52. The fraction of sp³-hybridized carbons (Fsp3) is 0.526. The SMILES string of the molecule is C=NC1CC[C@@H](C)N(c2cc(C#CC(C)(C)C)sc2C(=O)OC)C1=O. The lowest BCUT2D eigenvalue weighted by atomic mass is 9.97. The summed E-state index contributed by atoms with van der Waals surface area (Å²) >= 11 is 1.25. The van der Waals surface area contributed by atoms with Gasteiger partial charge >= 0.3 is 5.97 Å². The highest BCUT2D eigenvalue weighted by Crippen LogP contribution is 2.35. The summed E-state index contributed by atoms with van der Waals surface area (Å²) in [6, 6.07) is 1.31. The zero-order chi connectivity index (χ0) is 18.8. The molecule has 6 heteroatoms. The molecule has 2 heterocycles. The molecule has 1 amide bonds. The van der Waals surface area contributed by atoms with Crippen molar-refractivity contribution in [2.75, 3.05) is 12.0 Å². The third-order valence-electron chi connectivity index (χ3n) is 3.95. The van der Waals surface area contributed by atoms with E-state index in [1.54, 1.807) is 11.0 Å². The summed E-state index contributed by atoms with van der Waals surface area (Å²) in [5.74, 6) is 5.67. The molecule has 5 nitrogen and oxygen atoms in total. The second kappa shape index (κ2) is 7.40. The maximum Gasteiger partial charge on any atom is 0.350 e. The molecule has 0 aromatic carbocycles. The van der Waals surface area contributed by atoms with Crippen molar-refractivity contribution in [1.82, 2.24) is 0 Å². The topological polar surface area (TPSA) is 59.0 Å². The van der Waals surface area contributed by atoms with Crippen LogP contribution in [0.5, 0.6) is 0 Å². The molecule has 1 aromatic heterocycles. The van der Waals surface area contributed by atoms with Crippen LogP contribution in [0.3, 0.4) is 0 Å². The molecule has 0 saturated carbocycles. The first-order chi connectivity index (χ1) is 11.7. The van der Waals surface area contributed by atoms with Gasteiger partial charge < -0.3 is 9.64 Å². The number of carbonyl (C=O) groups is 2. The first kappa shape index (κ1) is 19.2. The van der Waals surface area contributed by atoms with Gasteiger partial charge in [0.2, 0.25) is 0 Å². The van der Waals surface area contributed by atoms with Crippen molar-refractivity contribution >= 4 is 35.6 Å². The maximum absolute atomic E-state index is 12.8. The summed E-state index contributed by atoms with van der Waals surface area (Å²) in [6.07, 6.45) is 1.48. The summed E-state index contributed by atoms with van der Waals surface area (Å²) in [6.45, 7) is 11.5. The molecule has 2 rings (SSSR count). The van der Waals surface area contributed by atoms with Crippen molar-refractivity contribution in [3.8, 4) is 11.8 Å². The summed E-state index contributed by atoms with van der Waals surface area (Å²) in [7, 11) is 1.34. The van der Waals surface area contributed by atoms with Gasteiger partial charge in [-0.15, -0.1) is 11.3 Å². The van der Waals surface area contributed by atoms with Gasteiger partial charge in [0, 0.05) is 11.5 Å².